The zero-order chi connectivity index (χ0) is 30.7. The summed E-state index contributed by atoms with van der Waals surface area (Å²) in [4.78, 5) is 17.6. The summed E-state index contributed by atoms with van der Waals surface area (Å²) < 4.78 is 41.3. The number of sulfone groups is 1. The first-order valence-corrected chi connectivity index (χ1v) is 17.2. The molecule has 6 rings (SSSR count). The number of hydrogen-bond donors (Lipinski definition) is 1. The van der Waals surface area contributed by atoms with Crippen molar-refractivity contribution in [2.45, 2.75) is 55.4 Å². The number of hydrogen-bond acceptors (Lipinski definition) is 8. The van der Waals surface area contributed by atoms with Crippen LogP contribution in [0.3, 0.4) is 0 Å². The number of carbonyl (C=O) groups is 1. The molecule has 3 aromatic carbocycles. The number of carbonyl (C=O) groups excluding carboxylic acids is 1. The highest BCUT2D eigenvalue weighted by Crippen LogP contribution is 2.43. The Morgan fingerprint density at radius 1 is 0.932 bits per heavy atom. The number of rotatable bonds is 8. The Kier molecular flexibility index (Phi) is 9.07. The maximum absolute atomic E-state index is 13.2. The zero-order valence-electron chi connectivity index (χ0n) is 25.1. The lowest BCUT2D eigenvalue weighted by atomic mass is 9.80. The molecule has 2 saturated heterocycles. The molecule has 2 heterocycles. The Hall–Kier alpha value is -3.28. The monoisotopic (exact) mass is 620 g/mol. The molecule has 3 fully saturated rings. The van der Waals surface area contributed by atoms with Crippen LogP contribution in [0.25, 0.3) is 0 Å². The lowest BCUT2D eigenvalue weighted by Gasteiger charge is -2.35. The molecule has 1 aliphatic carbocycles. The van der Waals surface area contributed by atoms with Crippen LogP contribution in [-0.4, -0.2) is 80.7 Å². The van der Waals surface area contributed by atoms with Gasteiger partial charge in [-0.3, -0.25) is 9.69 Å². The summed E-state index contributed by atoms with van der Waals surface area (Å²) in [5.41, 5.74) is 3.58. The fourth-order valence-corrected chi connectivity index (χ4v) is 7.07. The second-order valence-electron chi connectivity index (χ2n) is 12.0. The summed E-state index contributed by atoms with van der Waals surface area (Å²) in [5.74, 6) is 1.20. The first kappa shape index (κ1) is 30.7. The Morgan fingerprint density at radius 3 is 2.20 bits per heavy atom. The molecule has 0 atom stereocenters. The van der Waals surface area contributed by atoms with Gasteiger partial charge in [-0.25, -0.2) is 8.42 Å². The maximum Gasteiger partial charge on any atom is 0.253 e. The summed E-state index contributed by atoms with van der Waals surface area (Å²) in [7, 11) is -3.21. The van der Waals surface area contributed by atoms with Gasteiger partial charge in [0.1, 0.15) is 11.5 Å². The summed E-state index contributed by atoms with van der Waals surface area (Å²) in [5, 5.41) is 10.1. The number of aliphatic hydroxyl groups excluding tert-OH is 1. The summed E-state index contributed by atoms with van der Waals surface area (Å²) in [6.45, 7) is 4.65. The van der Waals surface area contributed by atoms with Crippen molar-refractivity contribution in [1.29, 1.82) is 0 Å². The normalized spacial score (nSPS) is 19.4. The van der Waals surface area contributed by atoms with Gasteiger partial charge in [0, 0.05) is 62.9 Å². The molecule has 1 amide bonds. The van der Waals surface area contributed by atoms with Gasteiger partial charge in [0.25, 0.3) is 5.91 Å². The lowest BCUT2D eigenvalue weighted by molar-refractivity contribution is -0.178. The number of nitrogens with zero attached hydrogens (tertiary/aromatic N) is 2. The third kappa shape index (κ3) is 7.00. The van der Waals surface area contributed by atoms with Crippen molar-refractivity contribution >= 4 is 15.7 Å². The third-order valence-corrected chi connectivity index (χ3v) is 10.2. The molecule has 0 aromatic heterocycles. The van der Waals surface area contributed by atoms with Crippen LogP contribution in [0.4, 0.5) is 0 Å². The predicted molar refractivity (Wildman–Crippen MR) is 165 cm³/mol. The van der Waals surface area contributed by atoms with Crippen LogP contribution in [0.5, 0.6) is 11.5 Å². The smallest absolute Gasteiger partial charge is 0.253 e. The molecule has 0 unspecified atom stereocenters. The molecule has 0 bridgehead atoms. The van der Waals surface area contributed by atoms with Crippen LogP contribution >= 0.6 is 0 Å². The zero-order valence-corrected chi connectivity index (χ0v) is 25.9. The van der Waals surface area contributed by atoms with Crippen molar-refractivity contribution in [3.8, 4) is 11.5 Å². The van der Waals surface area contributed by atoms with Gasteiger partial charge in [-0.15, -0.1) is 0 Å². The number of amides is 1. The first-order valence-electron chi connectivity index (χ1n) is 15.3. The number of ether oxygens (including phenoxy) is 3. The van der Waals surface area contributed by atoms with E-state index in [2.05, 4.69) is 11.0 Å². The van der Waals surface area contributed by atoms with E-state index < -0.39 is 9.84 Å². The van der Waals surface area contributed by atoms with Gasteiger partial charge >= 0.3 is 0 Å². The Balaban J connectivity index is 1.01. The molecule has 3 aliphatic rings. The number of piperazine rings is 1. The van der Waals surface area contributed by atoms with Gasteiger partial charge in [-0.05, 0) is 78.4 Å². The molecule has 44 heavy (non-hydrogen) atoms. The molecular weight excluding hydrogens is 580 g/mol. The largest absolute Gasteiger partial charge is 0.457 e. The third-order valence-electron chi connectivity index (χ3n) is 9.03. The fraction of sp³-hybridized carbons (Fsp3) is 0.441. The SMILES string of the molecule is CS(=O)(=O)c1ccc(CN2CCN(C(=O)c3ccc(Oc4ccc(C5CCC6(CC5)OCCO6)cc4CO)cc3)CC2)cc1. The Labute approximate surface area is 259 Å². The molecule has 9 nitrogen and oxygen atoms in total. The van der Waals surface area contributed by atoms with Crippen LogP contribution in [0.15, 0.2) is 71.6 Å². The summed E-state index contributed by atoms with van der Waals surface area (Å²) in [6, 6.07) is 20.2. The van der Waals surface area contributed by atoms with Crippen LogP contribution in [0, 0.1) is 0 Å². The van der Waals surface area contributed by atoms with E-state index in [0.29, 0.717) is 60.7 Å². The van der Waals surface area contributed by atoms with Gasteiger partial charge in [0.05, 0.1) is 24.7 Å². The average Bonchev–Trinajstić information content (AvgIpc) is 3.49. The van der Waals surface area contributed by atoms with E-state index in [1.54, 1.807) is 36.4 Å². The molecule has 2 aliphatic heterocycles. The van der Waals surface area contributed by atoms with E-state index in [0.717, 1.165) is 49.9 Å². The van der Waals surface area contributed by atoms with Gasteiger partial charge in [0.15, 0.2) is 15.6 Å². The van der Waals surface area contributed by atoms with Crippen molar-refractivity contribution in [3.63, 3.8) is 0 Å². The van der Waals surface area contributed by atoms with E-state index in [9.17, 15) is 18.3 Å². The summed E-state index contributed by atoms with van der Waals surface area (Å²) >= 11 is 0. The molecule has 1 N–H and O–H groups in total. The second kappa shape index (κ2) is 13.0. The van der Waals surface area contributed by atoms with Crippen LogP contribution in [0.1, 0.15) is 58.6 Å². The topological polar surface area (TPSA) is 106 Å². The summed E-state index contributed by atoms with van der Waals surface area (Å²) in [6.07, 6.45) is 4.94. The molecule has 1 saturated carbocycles. The van der Waals surface area contributed by atoms with Crippen molar-refractivity contribution in [2.24, 2.45) is 0 Å². The van der Waals surface area contributed by atoms with Crippen molar-refractivity contribution < 1.29 is 32.5 Å². The van der Waals surface area contributed by atoms with Gasteiger partial charge in [-0.2, -0.15) is 0 Å². The molecule has 3 aromatic rings. The first-order chi connectivity index (χ1) is 21.2. The van der Waals surface area contributed by atoms with E-state index in [1.807, 2.05) is 29.2 Å². The second-order valence-corrected chi connectivity index (χ2v) is 14.0. The van der Waals surface area contributed by atoms with Crippen LogP contribution in [-0.2, 0) is 32.5 Å². The molecule has 1 spiro atoms. The van der Waals surface area contributed by atoms with Gasteiger partial charge in [-0.1, -0.05) is 18.2 Å². The fourth-order valence-electron chi connectivity index (χ4n) is 6.44. The van der Waals surface area contributed by atoms with Gasteiger partial charge < -0.3 is 24.2 Å². The lowest BCUT2D eigenvalue weighted by Crippen LogP contribution is -2.48. The van der Waals surface area contributed by atoms with Crippen LogP contribution < -0.4 is 4.74 Å². The van der Waals surface area contributed by atoms with E-state index in [-0.39, 0.29) is 18.3 Å². The van der Waals surface area contributed by atoms with Crippen molar-refractivity contribution in [3.05, 3.63) is 89.0 Å². The average molecular weight is 621 g/mol. The maximum atomic E-state index is 13.2. The van der Waals surface area contributed by atoms with Crippen LogP contribution in [0.2, 0.25) is 0 Å². The highest BCUT2D eigenvalue weighted by molar-refractivity contribution is 7.90. The van der Waals surface area contributed by atoms with E-state index >= 15 is 0 Å². The quantitative estimate of drug-likeness (QED) is 0.385. The highest BCUT2D eigenvalue weighted by atomic mass is 32.2. The standard InChI is InChI=1S/C34H40N2O7S/c1-44(39,40)31-9-2-25(3-10-31)23-35-16-18-36(19-17-35)33(38)27-4-7-30(8-5-27)43-32-11-6-28(22-29(32)24-37)26-12-14-34(15-13-26)41-20-21-42-34/h2-11,22,26,37H,12-21,23-24H2,1H3. The Bertz CT molecular complexity index is 1550. The number of benzene rings is 3. The minimum absolute atomic E-state index is 0.0169. The van der Waals surface area contributed by atoms with E-state index in [1.165, 1.54) is 11.8 Å². The minimum Gasteiger partial charge on any atom is -0.457 e. The highest BCUT2D eigenvalue weighted by Gasteiger charge is 2.40. The Morgan fingerprint density at radius 2 is 1.59 bits per heavy atom. The molecular formula is C34H40N2O7S. The number of aliphatic hydroxyl groups is 1. The molecule has 234 valence electrons. The van der Waals surface area contributed by atoms with Crippen molar-refractivity contribution in [2.75, 3.05) is 45.6 Å². The predicted octanol–water partition coefficient (Wildman–Crippen LogP) is 4.73. The molecule has 10 heteroatoms. The molecule has 0 radical (unpaired) electrons. The van der Waals surface area contributed by atoms with Gasteiger partial charge in [0.2, 0.25) is 0 Å². The van der Waals surface area contributed by atoms with Crippen molar-refractivity contribution in [1.82, 2.24) is 9.80 Å². The van der Waals surface area contributed by atoms with E-state index in [4.69, 9.17) is 14.2 Å². The minimum atomic E-state index is -3.21.